The molecule has 0 atom stereocenters. The van der Waals surface area contributed by atoms with Gasteiger partial charge in [-0.25, -0.2) is 4.98 Å². The Bertz CT molecular complexity index is 205. The lowest BCUT2D eigenvalue weighted by atomic mass is 10.1. The molecule has 0 radical (unpaired) electrons. The van der Waals surface area contributed by atoms with Gasteiger partial charge in [0, 0.05) is 6.42 Å². The molecule has 0 aliphatic carbocycles. The molecule has 0 spiro atoms. The van der Waals surface area contributed by atoms with E-state index in [1.807, 2.05) is 0 Å². The Labute approximate surface area is 69.2 Å². The molecule has 1 rings (SSSR count). The van der Waals surface area contributed by atoms with E-state index in [4.69, 9.17) is 0 Å². The minimum absolute atomic E-state index is 0.665. The van der Waals surface area contributed by atoms with Crippen molar-refractivity contribution in [3.05, 3.63) is 16.6 Å². The van der Waals surface area contributed by atoms with Crippen LogP contribution in [0.5, 0.6) is 0 Å². The summed E-state index contributed by atoms with van der Waals surface area (Å²) < 4.78 is 0.961. The summed E-state index contributed by atoms with van der Waals surface area (Å²) in [6.07, 6.45) is 2.81. The van der Waals surface area contributed by atoms with Crippen molar-refractivity contribution < 1.29 is 0 Å². The molecule has 1 aromatic heterocycles. The van der Waals surface area contributed by atoms with Crippen LogP contribution >= 0.6 is 15.9 Å². The van der Waals surface area contributed by atoms with Crippen molar-refractivity contribution >= 4 is 15.9 Å². The van der Waals surface area contributed by atoms with Gasteiger partial charge in [-0.2, -0.15) is 0 Å². The summed E-state index contributed by atoms with van der Waals surface area (Å²) in [5, 5.41) is 0. The largest absolute Gasteiger partial charge is 0.337 e. The van der Waals surface area contributed by atoms with Crippen molar-refractivity contribution in [2.24, 2.45) is 5.92 Å². The molecule has 0 bridgehead atoms. The fourth-order valence-corrected chi connectivity index (χ4v) is 1.16. The maximum Gasteiger partial charge on any atom is 0.107 e. The Hall–Kier alpha value is -0.310. The van der Waals surface area contributed by atoms with Crippen molar-refractivity contribution in [1.29, 1.82) is 0 Å². The predicted octanol–water partition coefficient (Wildman–Crippen LogP) is 2.37. The standard InChI is InChI=1S/C7H11BrN2/c1-5(2)3-7-9-4-6(8)10-7/h4-5H,3H2,1-2H3,(H,9,10). The quantitative estimate of drug-likeness (QED) is 0.785. The number of nitrogens with zero attached hydrogens (tertiary/aromatic N) is 1. The van der Waals surface area contributed by atoms with Gasteiger partial charge in [0.2, 0.25) is 0 Å². The van der Waals surface area contributed by atoms with E-state index in [9.17, 15) is 0 Å². The first-order valence-electron chi connectivity index (χ1n) is 3.38. The van der Waals surface area contributed by atoms with Gasteiger partial charge in [0.05, 0.1) is 6.20 Å². The zero-order valence-corrected chi connectivity index (χ0v) is 7.77. The Morgan fingerprint density at radius 1 is 1.70 bits per heavy atom. The fourth-order valence-electron chi connectivity index (χ4n) is 0.827. The van der Waals surface area contributed by atoms with E-state index >= 15 is 0 Å². The van der Waals surface area contributed by atoms with E-state index in [2.05, 4.69) is 39.7 Å². The Morgan fingerprint density at radius 3 is 2.80 bits per heavy atom. The van der Waals surface area contributed by atoms with Gasteiger partial charge in [-0.15, -0.1) is 0 Å². The van der Waals surface area contributed by atoms with Crippen LogP contribution in [-0.2, 0) is 6.42 Å². The van der Waals surface area contributed by atoms with E-state index in [1.54, 1.807) is 6.20 Å². The van der Waals surface area contributed by atoms with Crippen molar-refractivity contribution in [2.45, 2.75) is 20.3 Å². The van der Waals surface area contributed by atoms with Crippen LogP contribution in [0.3, 0.4) is 0 Å². The summed E-state index contributed by atoms with van der Waals surface area (Å²) in [6.45, 7) is 4.35. The zero-order valence-electron chi connectivity index (χ0n) is 6.19. The van der Waals surface area contributed by atoms with Crippen LogP contribution in [0, 0.1) is 5.92 Å². The molecular formula is C7H11BrN2. The molecule has 56 valence electrons. The molecule has 0 aromatic carbocycles. The highest BCUT2D eigenvalue weighted by molar-refractivity contribution is 9.10. The van der Waals surface area contributed by atoms with Crippen LogP contribution in [0.25, 0.3) is 0 Å². The maximum absolute atomic E-state index is 4.15. The molecule has 2 nitrogen and oxygen atoms in total. The summed E-state index contributed by atoms with van der Waals surface area (Å²) in [4.78, 5) is 7.27. The maximum atomic E-state index is 4.15. The molecular weight excluding hydrogens is 192 g/mol. The lowest BCUT2D eigenvalue weighted by Gasteiger charge is -1.98. The highest BCUT2D eigenvalue weighted by Crippen LogP contribution is 2.08. The molecule has 1 aromatic rings. The van der Waals surface area contributed by atoms with Crippen molar-refractivity contribution in [3.63, 3.8) is 0 Å². The van der Waals surface area contributed by atoms with Gasteiger partial charge in [0.25, 0.3) is 0 Å². The summed E-state index contributed by atoms with van der Waals surface area (Å²) in [7, 11) is 0. The number of hydrogen-bond donors (Lipinski definition) is 1. The molecule has 0 fully saturated rings. The number of nitrogens with one attached hydrogen (secondary N) is 1. The van der Waals surface area contributed by atoms with E-state index in [0.717, 1.165) is 16.8 Å². The second-order valence-electron chi connectivity index (χ2n) is 2.78. The third-order valence-electron chi connectivity index (χ3n) is 1.20. The van der Waals surface area contributed by atoms with Gasteiger partial charge in [0.1, 0.15) is 10.4 Å². The normalized spacial score (nSPS) is 10.8. The number of imidazole rings is 1. The van der Waals surface area contributed by atoms with Gasteiger partial charge in [-0.3, -0.25) is 0 Å². The molecule has 0 unspecified atom stereocenters. The van der Waals surface area contributed by atoms with Gasteiger partial charge in [-0.1, -0.05) is 13.8 Å². The van der Waals surface area contributed by atoms with Crippen molar-refractivity contribution in [2.75, 3.05) is 0 Å². The summed E-state index contributed by atoms with van der Waals surface area (Å²) in [6, 6.07) is 0. The van der Waals surface area contributed by atoms with Crippen LogP contribution in [0.4, 0.5) is 0 Å². The highest BCUT2D eigenvalue weighted by Gasteiger charge is 1.99. The van der Waals surface area contributed by atoms with Gasteiger partial charge in [0.15, 0.2) is 0 Å². The van der Waals surface area contributed by atoms with E-state index in [0.29, 0.717) is 5.92 Å². The van der Waals surface area contributed by atoms with Crippen LogP contribution in [-0.4, -0.2) is 9.97 Å². The number of rotatable bonds is 2. The number of hydrogen-bond acceptors (Lipinski definition) is 1. The number of aromatic amines is 1. The first-order valence-corrected chi connectivity index (χ1v) is 4.17. The third-order valence-corrected chi connectivity index (χ3v) is 1.60. The van der Waals surface area contributed by atoms with Crippen LogP contribution in [0.15, 0.2) is 10.8 Å². The van der Waals surface area contributed by atoms with E-state index in [-0.39, 0.29) is 0 Å². The minimum Gasteiger partial charge on any atom is -0.337 e. The Kier molecular flexibility index (Phi) is 2.49. The van der Waals surface area contributed by atoms with Crippen LogP contribution < -0.4 is 0 Å². The second kappa shape index (κ2) is 3.19. The molecule has 0 saturated carbocycles. The minimum atomic E-state index is 0.665. The number of aromatic nitrogens is 2. The summed E-state index contributed by atoms with van der Waals surface area (Å²) in [5.41, 5.74) is 0. The summed E-state index contributed by atoms with van der Waals surface area (Å²) >= 11 is 3.30. The van der Waals surface area contributed by atoms with Crippen molar-refractivity contribution in [3.8, 4) is 0 Å². The average molecular weight is 203 g/mol. The first kappa shape index (κ1) is 7.79. The summed E-state index contributed by atoms with van der Waals surface area (Å²) in [5.74, 6) is 1.72. The topological polar surface area (TPSA) is 28.7 Å². The average Bonchev–Trinajstić information content (AvgIpc) is 2.13. The first-order chi connectivity index (χ1) is 4.68. The molecule has 0 aliphatic rings. The molecule has 1 heterocycles. The Balaban J connectivity index is 2.58. The highest BCUT2D eigenvalue weighted by atomic mass is 79.9. The fraction of sp³-hybridized carbons (Fsp3) is 0.571. The SMILES string of the molecule is CC(C)Cc1ncc(Br)[nH]1. The van der Waals surface area contributed by atoms with Gasteiger partial charge in [-0.05, 0) is 21.8 Å². The Morgan fingerprint density at radius 2 is 2.40 bits per heavy atom. The van der Waals surface area contributed by atoms with Crippen LogP contribution in [0.1, 0.15) is 19.7 Å². The monoisotopic (exact) mass is 202 g/mol. The van der Waals surface area contributed by atoms with Crippen LogP contribution in [0.2, 0.25) is 0 Å². The predicted molar refractivity (Wildman–Crippen MR) is 44.8 cm³/mol. The smallest absolute Gasteiger partial charge is 0.107 e. The lowest BCUT2D eigenvalue weighted by molar-refractivity contribution is 0.625. The van der Waals surface area contributed by atoms with E-state index < -0.39 is 0 Å². The molecule has 0 amide bonds. The lowest BCUT2D eigenvalue weighted by Crippen LogP contribution is -1.95. The third kappa shape index (κ3) is 2.14. The van der Waals surface area contributed by atoms with Crippen molar-refractivity contribution in [1.82, 2.24) is 9.97 Å². The molecule has 3 heteroatoms. The molecule has 0 aliphatic heterocycles. The van der Waals surface area contributed by atoms with E-state index in [1.165, 1.54) is 0 Å². The molecule has 0 saturated heterocycles. The van der Waals surface area contributed by atoms with Gasteiger partial charge < -0.3 is 4.98 Å². The molecule has 10 heavy (non-hydrogen) atoms. The number of H-pyrrole nitrogens is 1. The number of halogens is 1. The van der Waals surface area contributed by atoms with Gasteiger partial charge >= 0.3 is 0 Å². The second-order valence-corrected chi connectivity index (χ2v) is 3.63. The molecule has 1 N–H and O–H groups in total. The zero-order chi connectivity index (χ0) is 7.56.